The van der Waals surface area contributed by atoms with Crippen molar-refractivity contribution < 1.29 is 68.6 Å². The number of fused-ring (bicyclic) bond motifs is 5. The molecule has 5 aliphatic heterocycles. The third-order valence-corrected chi connectivity index (χ3v) is 22.7. The number of alkyl halides is 8. The quantitative estimate of drug-likeness (QED) is 0.0460. The number of rotatable bonds is 20. The highest BCUT2D eigenvalue weighted by atomic mass is 19.4. The standard InChI is InChI=1S/C21H24N2O2.C21H22N2O2.C20H22N2O.C19H17F5N2O.C19H19F3N2O/c2*1-15(24)22-20-6-7-21-18(12-20)8-10-23(21)13-16-2-4-17(5-3-16)19-9-11-25-14-19;1-3-4-16-5-7-17(8-6-16)14-22-12-11-18-13-19(21-15(2)23)9-10-20(18)22;1-12(27)25-16-6-7-17-14(10-16)8-9-26(17)11-13-2-4-15(5-3-13)18(20,21)19(22,23)24;1-13(25)23-17-8-9-18-15(11-17)3-2-10-24(18)12-14-4-6-16(7-5-14)19(20,21)22/h2-7,12,19H,8-11,13-14H2,1H3,(H,22,24);2-8,10,12,19H,9,11,13-14H2,1H3,(H,22,24);5-13H,3-4,14H2,1-2H3,(H,21,23);2-7,10H,8-9,11H2,1H3,(H,25,27);4-9,11H,2-3,10,12H2,1H3,(H,23,25). The molecule has 12 aromatic rings. The Morgan fingerprint density at radius 3 is 1.05 bits per heavy atom. The summed E-state index contributed by atoms with van der Waals surface area (Å²) in [4.78, 5) is 62.5. The van der Waals surface area contributed by atoms with Crippen molar-refractivity contribution in [2.75, 3.05) is 87.3 Å². The topological polar surface area (TPSA) is 184 Å². The average molecular weight is 1710 g/mol. The minimum atomic E-state index is -5.62. The number of hydrogen-bond acceptors (Lipinski definition) is 10. The molecule has 17 nitrogen and oxygen atoms in total. The van der Waals surface area contributed by atoms with Crippen LogP contribution < -0.4 is 41.3 Å². The van der Waals surface area contributed by atoms with Gasteiger partial charge in [-0.05, 0) is 221 Å². The average Bonchev–Trinajstić information content (AvgIpc) is 1.76. The van der Waals surface area contributed by atoms with Crippen LogP contribution in [0, 0.1) is 0 Å². The fourth-order valence-corrected chi connectivity index (χ4v) is 16.5. The van der Waals surface area contributed by atoms with Gasteiger partial charge in [-0.2, -0.15) is 35.1 Å². The fourth-order valence-electron chi connectivity index (χ4n) is 16.5. The van der Waals surface area contributed by atoms with Crippen LogP contribution in [-0.4, -0.2) is 90.9 Å². The number of ether oxygens (including phenoxy) is 2. The summed E-state index contributed by atoms with van der Waals surface area (Å²) >= 11 is 0. The second-order valence-corrected chi connectivity index (χ2v) is 32.4. The third kappa shape index (κ3) is 24.3. The van der Waals surface area contributed by atoms with E-state index in [1.165, 1.54) is 114 Å². The number of anilines is 8. The van der Waals surface area contributed by atoms with Gasteiger partial charge in [0.15, 0.2) is 0 Å². The Hall–Kier alpha value is -12.6. The van der Waals surface area contributed by atoms with Crippen molar-refractivity contribution in [3.63, 3.8) is 0 Å². The first-order valence-corrected chi connectivity index (χ1v) is 42.2. The molecule has 0 bridgehead atoms. The van der Waals surface area contributed by atoms with E-state index in [9.17, 15) is 59.1 Å². The molecule has 125 heavy (non-hydrogen) atoms. The summed E-state index contributed by atoms with van der Waals surface area (Å²) in [5.41, 5.74) is 21.0. The molecule has 0 aliphatic carbocycles. The van der Waals surface area contributed by atoms with Gasteiger partial charge in [0.25, 0.3) is 0 Å². The van der Waals surface area contributed by atoms with Gasteiger partial charge in [0.2, 0.25) is 29.5 Å². The van der Waals surface area contributed by atoms with Crippen LogP contribution in [0.15, 0.2) is 237 Å². The number of carbonyl (C=O) groups excluding carboxylic acids is 5. The summed E-state index contributed by atoms with van der Waals surface area (Å²) in [5, 5.41) is 16.3. The first-order valence-electron chi connectivity index (χ1n) is 42.2. The molecule has 0 spiro atoms. The van der Waals surface area contributed by atoms with Gasteiger partial charge >= 0.3 is 18.3 Å². The van der Waals surface area contributed by atoms with Crippen molar-refractivity contribution in [2.24, 2.45) is 0 Å². The van der Waals surface area contributed by atoms with Crippen molar-refractivity contribution in [3.8, 4) is 0 Å². The van der Waals surface area contributed by atoms with E-state index < -0.39 is 29.4 Å². The first kappa shape index (κ1) is 90.1. The summed E-state index contributed by atoms with van der Waals surface area (Å²) in [6.45, 7) is 19.3. The van der Waals surface area contributed by atoms with Gasteiger partial charge in [-0.3, -0.25) is 24.0 Å². The number of benzene rings is 10. The number of aryl methyl sites for hydroxylation is 2. The first-order chi connectivity index (χ1) is 59.9. The number of carbonyl (C=O) groups is 5. The Morgan fingerprint density at radius 1 is 0.368 bits per heavy atom. The van der Waals surface area contributed by atoms with Crippen molar-refractivity contribution in [1.82, 2.24) is 9.13 Å². The van der Waals surface area contributed by atoms with Gasteiger partial charge in [0, 0.05) is 197 Å². The molecule has 2 aromatic heterocycles. The lowest BCUT2D eigenvalue weighted by atomic mass is 9.97. The van der Waals surface area contributed by atoms with E-state index in [-0.39, 0.29) is 29.5 Å². The Kier molecular flexibility index (Phi) is 29.4. The van der Waals surface area contributed by atoms with Crippen molar-refractivity contribution in [1.29, 1.82) is 0 Å². The minimum Gasteiger partial charge on any atom is -0.381 e. The molecule has 652 valence electrons. The number of hydrogen-bond donors (Lipinski definition) is 5. The Balaban J connectivity index is 0.000000134. The van der Waals surface area contributed by atoms with Gasteiger partial charge in [0.1, 0.15) is 0 Å². The molecule has 7 heterocycles. The molecule has 0 saturated carbocycles. The fraction of sp³-hybridized carbons (Fsp3) is 0.310. The summed E-state index contributed by atoms with van der Waals surface area (Å²) in [6.07, 6.45) is 2.52. The second kappa shape index (κ2) is 40.8. The molecule has 5 aliphatic rings. The number of nitrogens with zero attached hydrogens (tertiary/aromatic N) is 5. The number of aromatic nitrogens is 2. The maximum absolute atomic E-state index is 13.4. The molecule has 10 aromatic carbocycles. The van der Waals surface area contributed by atoms with Gasteiger partial charge < -0.3 is 59.9 Å². The van der Waals surface area contributed by atoms with E-state index in [0.29, 0.717) is 42.7 Å². The van der Waals surface area contributed by atoms with Crippen LogP contribution in [0.25, 0.3) is 21.8 Å². The van der Waals surface area contributed by atoms with Crippen molar-refractivity contribution in [3.05, 3.63) is 309 Å². The number of amides is 5. The van der Waals surface area contributed by atoms with Gasteiger partial charge in [-0.15, -0.1) is 0 Å². The summed E-state index contributed by atoms with van der Waals surface area (Å²) in [7, 11) is 0. The Labute approximate surface area is 723 Å². The lowest BCUT2D eigenvalue weighted by Crippen LogP contribution is -2.33. The summed E-state index contributed by atoms with van der Waals surface area (Å²) in [5.74, 6) is -4.16. The molecule has 2 saturated heterocycles. The molecule has 5 N–H and O–H groups in total. The van der Waals surface area contributed by atoms with Gasteiger partial charge in [-0.25, -0.2) is 0 Å². The van der Waals surface area contributed by atoms with E-state index in [2.05, 4.69) is 174 Å². The highest BCUT2D eigenvalue weighted by Gasteiger charge is 2.58. The Morgan fingerprint density at radius 2 is 0.696 bits per heavy atom. The molecular formula is C100H104F8N10O7. The zero-order valence-electron chi connectivity index (χ0n) is 70.9. The number of halogens is 8. The monoisotopic (exact) mass is 1710 g/mol. The predicted octanol–water partition coefficient (Wildman–Crippen LogP) is 21.9. The molecule has 2 fully saturated rings. The predicted molar refractivity (Wildman–Crippen MR) is 479 cm³/mol. The van der Waals surface area contributed by atoms with Crippen LogP contribution in [0.4, 0.5) is 80.6 Å². The van der Waals surface area contributed by atoms with Gasteiger partial charge in [-0.1, -0.05) is 123 Å². The minimum absolute atomic E-state index is 0.0254. The maximum Gasteiger partial charge on any atom is 0.458 e. The highest BCUT2D eigenvalue weighted by molar-refractivity contribution is 5.94. The third-order valence-electron chi connectivity index (χ3n) is 22.7. The van der Waals surface area contributed by atoms with E-state index in [4.69, 9.17) is 9.47 Å². The summed E-state index contributed by atoms with van der Waals surface area (Å²) in [6, 6.07) is 70.0. The lowest BCUT2D eigenvalue weighted by Gasteiger charge is -2.32. The molecule has 2 atom stereocenters. The highest BCUT2D eigenvalue weighted by Crippen LogP contribution is 2.45. The number of nitrogens with one attached hydrogen (secondary N) is 5. The van der Waals surface area contributed by atoms with Crippen LogP contribution in [0.5, 0.6) is 0 Å². The maximum atomic E-state index is 13.4. The largest absolute Gasteiger partial charge is 0.458 e. The van der Waals surface area contributed by atoms with Crippen LogP contribution >= 0.6 is 0 Å². The van der Waals surface area contributed by atoms with E-state index in [1.807, 2.05) is 65.6 Å². The lowest BCUT2D eigenvalue weighted by molar-refractivity contribution is -0.289. The zero-order valence-corrected chi connectivity index (χ0v) is 70.9. The molecule has 0 radical (unpaired) electrons. The second-order valence-electron chi connectivity index (χ2n) is 32.4. The molecule has 5 amide bonds. The Bertz CT molecular complexity index is 5720. The van der Waals surface area contributed by atoms with Gasteiger partial charge in [0.05, 0.1) is 18.8 Å². The molecule has 25 heteroatoms. The van der Waals surface area contributed by atoms with E-state index >= 15 is 0 Å². The summed E-state index contributed by atoms with van der Waals surface area (Å²) < 4.78 is 117. The van der Waals surface area contributed by atoms with Crippen LogP contribution in [0.2, 0.25) is 0 Å². The zero-order chi connectivity index (χ0) is 88.5. The molecule has 17 rings (SSSR count). The van der Waals surface area contributed by atoms with Crippen LogP contribution in [-0.2, 0) is 104 Å². The molecular weight excluding hydrogens is 1610 g/mol. The molecule has 2 unspecified atom stereocenters. The van der Waals surface area contributed by atoms with Crippen LogP contribution in [0.3, 0.4) is 0 Å². The van der Waals surface area contributed by atoms with E-state index in [0.717, 1.165) is 190 Å². The van der Waals surface area contributed by atoms with Crippen molar-refractivity contribution >= 4 is 96.8 Å². The van der Waals surface area contributed by atoms with Crippen molar-refractivity contribution in [2.45, 2.75) is 156 Å². The SMILES string of the molecule is CC(=O)Nc1ccc2c(c1)CCCN2Cc1ccc(C(F)(F)F)cc1.CC(=O)Nc1ccc2c(c1)CCN2Cc1ccc(C(F)(F)C(F)(F)F)cc1.CC(=O)Nc1ccc2c(c1)CCN2Cc1ccc(C2CCOC2)cc1.CC(=O)Nc1ccc2c(ccn2Cc2ccc(C3CCOC3)cc2)c1.CCCc1ccc(Cn2ccc3cc(NC(C)=O)ccc32)cc1. The smallest absolute Gasteiger partial charge is 0.381 e. The normalized spacial score (nSPS) is 15.1. The van der Waals surface area contributed by atoms with Crippen LogP contribution in [0.1, 0.15) is 151 Å². The van der Waals surface area contributed by atoms with E-state index in [1.54, 1.807) is 13.0 Å².